The van der Waals surface area contributed by atoms with Crippen molar-refractivity contribution in [3.8, 4) is 0 Å². The lowest BCUT2D eigenvalue weighted by atomic mass is 9.98. The average molecular weight is 272 g/mol. The maximum absolute atomic E-state index is 13.4. The largest absolute Gasteiger partial charge is 0.376 e. The summed E-state index contributed by atoms with van der Waals surface area (Å²) < 4.78 is 19.2. The van der Waals surface area contributed by atoms with Gasteiger partial charge < -0.3 is 10.1 Å². The van der Waals surface area contributed by atoms with Gasteiger partial charge >= 0.3 is 0 Å². The van der Waals surface area contributed by atoms with E-state index in [1.165, 1.54) is 25.0 Å². The van der Waals surface area contributed by atoms with Gasteiger partial charge in [0, 0.05) is 11.6 Å². The Labute approximate surface area is 112 Å². The molecule has 1 fully saturated rings. The van der Waals surface area contributed by atoms with E-state index in [0.717, 1.165) is 5.56 Å². The molecule has 1 saturated carbocycles. The molecule has 1 aromatic rings. The smallest absolute Gasteiger partial charge is 0.123 e. The molecule has 0 radical (unpaired) electrons. The third kappa shape index (κ3) is 3.02. The Kier molecular flexibility index (Phi) is 4.60. The molecule has 100 valence electrons. The lowest BCUT2D eigenvalue weighted by Crippen LogP contribution is -2.33. The van der Waals surface area contributed by atoms with Gasteiger partial charge in [0.1, 0.15) is 5.82 Å². The van der Waals surface area contributed by atoms with E-state index >= 15 is 0 Å². The molecule has 2 atom stereocenters. The van der Waals surface area contributed by atoms with E-state index in [1.807, 2.05) is 14.0 Å². The highest BCUT2D eigenvalue weighted by Crippen LogP contribution is 2.41. The van der Waals surface area contributed by atoms with Crippen LogP contribution in [0.2, 0.25) is 5.02 Å². The minimum Gasteiger partial charge on any atom is -0.376 e. The molecule has 1 aromatic carbocycles. The number of nitrogens with one attached hydrogen (secondary N) is 1. The van der Waals surface area contributed by atoms with Crippen molar-refractivity contribution >= 4 is 11.6 Å². The number of halogens is 2. The van der Waals surface area contributed by atoms with Gasteiger partial charge in [-0.2, -0.15) is 0 Å². The van der Waals surface area contributed by atoms with Gasteiger partial charge in [0.25, 0.3) is 0 Å². The summed E-state index contributed by atoms with van der Waals surface area (Å²) >= 11 is 6.18. The first-order valence-corrected chi connectivity index (χ1v) is 6.79. The molecule has 2 rings (SSSR count). The molecule has 4 heteroatoms. The molecule has 1 N–H and O–H groups in total. The normalized spacial score (nSPS) is 18.7. The molecular weight excluding hydrogens is 253 g/mol. The predicted molar refractivity (Wildman–Crippen MR) is 71.3 cm³/mol. The van der Waals surface area contributed by atoms with E-state index in [1.54, 1.807) is 6.07 Å². The first-order valence-electron chi connectivity index (χ1n) is 6.41. The Bertz CT molecular complexity index is 409. The molecule has 2 nitrogen and oxygen atoms in total. The lowest BCUT2D eigenvalue weighted by Gasteiger charge is -2.28. The first-order chi connectivity index (χ1) is 8.67. The van der Waals surface area contributed by atoms with E-state index in [9.17, 15) is 4.39 Å². The van der Waals surface area contributed by atoms with Crippen molar-refractivity contribution in [3.05, 3.63) is 34.6 Å². The number of hydrogen-bond acceptors (Lipinski definition) is 2. The molecule has 0 aliphatic heterocycles. The zero-order chi connectivity index (χ0) is 13.1. The predicted octanol–water partition coefficient (Wildman–Crippen LogP) is 3.55. The van der Waals surface area contributed by atoms with Crippen molar-refractivity contribution < 1.29 is 9.13 Å². The van der Waals surface area contributed by atoms with Gasteiger partial charge in [0.15, 0.2) is 0 Å². The van der Waals surface area contributed by atoms with Gasteiger partial charge in [-0.25, -0.2) is 4.39 Å². The fourth-order valence-electron chi connectivity index (χ4n) is 2.37. The lowest BCUT2D eigenvalue weighted by molar-refractivity contribution is 0.0204. The van der Waals surface area contributed by atoms with Crippen LogP contribution in [-0.2, 0) is 4.74 Å². The van der Waals surface area contributed by atoms with Crippen LogP contribution >= 0.6 is 11.6 Å². The quantitative estimate of drug-likeness (QED) is 0.854. The molecule has 0 spiro atoms. The summed E-state index contributed by atoms with van der Waals surface area (Å²) in [6.45, 7) is 2.64. The van der Waals surface area contributed by atoms with Gasteiger partial charge in [-0.3, -0.25) is 0 Å². The van der Waals surface area contributed by atoms with E-state index in [2.05, 4.69) is 5.32 Å². The summed E-state index contributed by atoms with van der Waals surface area (Å²) in [4.78, 5) is 0. The molecule has 2 unspecified atom stereocenters. The Morgan fingerprint density at radius 1 is 1.50 bits per heavy atom. The van der Waals surface area contributed by atoms with Crippen LogP contribution in [0.4, 0.5) is 4.39 Å². The second-order valence-electron chi connectivity index (χ2n) is 4.69. The molecule has 0 bridgehead atoms. The van der Waals surface area contributed by atoms with Crippen molar-refractivity contribution in [2.75, 3.05) is 13.7 Å². The fraction of sp³-hybridized carbons (Fsp3) is 0.571. The summed E-state index contributed by atoms with van der Waals surface area (Å²) in [6.07, 6.45) is 2.42. The van der Waals surface area contributed by atoms with Crippen LogP contribution in [0.5, 0.6) is 0 Å². The third-order valence-corrected chi connectivity index (χ3v) is 3.72. The second-order valence-corrected chi connectivity index (χ2v) is 5.10. The highest BCUT2D eigenvalue weighted by atomic mass is 35.5. The highest BCUT2D eigenvalue weighted by molar-refractivity contribution is 6.31. The number of ether oxygens (including phenoxy) is 1. The van der Waals surface area contributed by atoms with E-state index < -0.39 is 0 Å². The molecule has 18 heavy (non-hydrogen) atoms. The maximum atomic E-state index is 13.4. The van der Waals surface area contributed by atoms with Crippen LogP contribution < -0.4 is 5.32 Å². The Morgan fingerprint density at radius 2 is 2.22 bits per heavy atom. The molecule has 1 aliphatic rings. The monoisotopic (exact) mass is 271 g/mol. The van der Waals surface area contributed by atoms with Crippen molar-refractivity contribution in [3.63, 3.8) is 0 Å². The van der Waals surface area contributed by atoms with Crippen molar-refractivity contribution in [1.29, 1.82) is 0 Å². The van der Waals surface area contributed by atoms with Gasteiger partial charge in [-0.1, -0.05) is 11.6 Å². The minimum atomic E-state index is -0.263. The third-order valence-electron chi connectivity index (χ3n) is 3.38. The number of benzene rings is 1. The second kappa shape index (κ2) is 6.00. The summed E-state index contributed by atoms with van der Waals surface area (Å²) in [5.74, 6) is 0.294. The first kappa shape index (κ1) is 13.8. The van der Waals surface area contributed by atoms with Crippen LogP contribution in [0.3, 0.4) is 0 Å². The van der Waals surface area contributed by atoms with Crippen molar-refractivity contribution in [2.45, 2.75) is 31.9 Å². The fourth-order valence-corrected chi connectivity index (χ4v) is 2.61. The van der Waals surface area contributed by atoms with Crippen LogP contribution in [0.25, 0.3) is 0 Å². The van der Waals surface area contributed by atoms with Crippen molar-refractivity contribution in [2.24, 2.45) is 5.92 Å². The zero-order valence-corrected chi connectivity index (χ0v) is 11.5. The molecule has 0 amide bonds. The molecule has 1 aliphatic carbocycles. The average Bonchev–Trinajstić information content (AvgIpc) is 3.17. The molecule has 0 saturated heterocycles. The summed E-state index contributed by atoms with van der Waals surface area (Å²) in [5, 5.41) is 3.80. The summed E-state index contributed by atoms with van der Waals surface area (Å²) in [5.41, 5.74) is 0.782. The minimum absolute atomic E-state index is 0.0550. The van der Waals surface area contributed by atoms with Gasteiger partial charge in [0.2, 0.25) is 0 Å². The number of likely N-dealkylation sites (N-methyl/N-ethyl adjacent to an activating group) is 1. The highest BCUT2D eigenvalue weighted by Gasteiger charge is 2.38. The molecule has 0 aromatic heterocycles. The zero-order valence-electron chi connectivity index (χ0n) is 10.7. The van der Waals surface area contributed by atoms with Gasteiger partial charge in [-0.05, 0) is 56.5 Å². The van der Waals surface area contributed by atoms with Gasteiger partial charge in [0.05, 0.1) is 12.1 Å². The Hall–Kier alpha value is -0.640. The van der Waals surface area contributed by atoms with E-state index in [0.29, 0.717) is 17.5 Å². The summed E-state index contributed by atoms with van der Waals surface area (Å²) in [6, 6.07) is 4.43. The number of hydrogen-bond donors (Lipinski definition) is 1. The van der Waals surface area contributed by atoms with Crippen LogP contribution in [0.1, 0.15) is 31.4 Å². The van der Waals surface area contributed by atoms with Crippen LogP contribution in [0.15, 0.2) is 18.2 Å². The Morgan fingerprint density at radius 3 is 2.78 bits per heavy atom. The molecule has 0 heterocycles. The van der Waals surface area contributed by atoms with E-state index in [-0.39, 0.29) is 18.0 Å². The SMILES string of the molecule is CCOC(C1CC1)C(NC)c1cc(F)ccc1Cl. The van der Waals surface area contributed by atoms with Gasteiger partial charge in [-0.15, -0.1) is 0 Å². The van der Waals surface area contributed by atoms with Crippen LogP contribution in [0, 0.1) is 11.7 Å². The summed E-state index contributed by atoms with van der Waals surface area (Å²) in [7, 11) is 1.86. The topological polar surface area (TPSA) is 21.3 Å². The number of rotatable bonds is 6. The maximum Gasteiger partial charge on any atom is 0.123 e. The van der Waals surface area contributed by atoms with E-state index in [4.69, 9.17) is 16.3 Å². The molecular formula is C14H19ClFNO. The standard InChI is InChI=1S/C14H19ClFNO/c1-3-18-14(9-4-5-9)13(17-2)11-8-10(16)6-7-12(11)15/h6-9,13-14,17H,3-5H2,1-2H3. The Balaban J connectivity index is 2.27. The van der Waals surface area contributed by atoms with Crippen LogP contribution in [-0.4, -0.2) is 19.8 Å². The van der Waals surface area contributed by atoms with Crippen molar-refractivity contribution in [1.82, 2.24) is 5.32 Å².